The number of nitrogens with zero attached hydrogens (tertiary/aromatic N) is 3. The molecule has 7 heteroatoms. The predicted molar refractivity (Wildman–Crippen MR) is 54.5 cm³/mol. The SMILES string of the molecule is Cc1nc2c([nH]1)c(=O)n(CN)c(=O)n2C. The summed E-state index contributed by atoms with van der Waals surface area (Å²) in [5, 5.41) is 0. The zero-order valence-electron chi connectivity index (χ0n) is 8.44. The number of nitrogens with two attached hydrogens (primary N) is 1. The van der Waals surface area contributed by atoms with Gasteiger partial charge in [-0.1, -0.05) is 0 Å². The van der Waals surface area contributed by atoms with Crippen LogP contribution in [0.15, 0.2) is 9.59 Å². The van der Waals surface area contributed by atoms with Gasteiger partial charge < -0.3 is 10.7 Å². The van der Waals surface area contributed by atoms with Crippen LogP contribution >= 0.6 is 0 Å². The fourth-order valence-electron chi connectivity index (χ4n) is 1.53. The third-order valence-electron chi connectivity index (χ3n) is 2.28. The second-order valence-corrected chi connectivity index (χ2v) is 3.28. The first-order valence-corrected chi connectivity index (χ1v) is 4.42. The molecule has 0 saturated carbocycles. The summed E-state index contributed by atoms with van der Waals surface area (Å²) in [5.74, 6) is 0.590. The molecule has 0 aliphatic heterocycles. The van der Waals surface area contributed by atoms with Crippen LogP contribution in [0.5, 0.6) is 0 Å². The van der Waals surface area contributed by atoms with Crippen molar-refractivity contribution in [2.24, 2.45) is 12.8 Å². The number of aromatic amines is 1. The summed E-state index contributed by atoms with van der Waals surface area (Å²) < 4.78 is 2.26. The lowest BCUT2D eigenvalue weighted by molar-refractivity contribution is 0.621. The summed E-state index contributed by atoms with van der Waals surface area (Å²) in [5.41, 5.74) is 5.10. The Morgan fingerprint density at radius 2 is 2.13 bits per heavy atom. The van der Waals surface area contributed by atoms with Gasteiger partial charge in [-0.25, -0.2) is 14.3 Å². The van der Waals surface area contributed by atoms with Crippen molar-refractivity contribution >= 4 is 11.2 Å². The average Bonchev–Trinajstić information content (AvgIpc) is 2.58. The molecule has 3 N–H and O–H groups in total. The number of nitrogens with one attached hydrogen (secondary N) is 1. The number of imidazole rings is 1. The summed E-state index contributed by atoms with van der Waals surface area (Å²) >= 11 is 0. The minimum atomic E-state index is -0.457. The lowest BCUT2D eigenvalue weighted by Gasteiger charge is -2.03. The number of fused-ring (bicyclic) bond motifs is 1. The quantitative estimate of drug-likeness (QED) is 0.606. The molecular formula is C8H11N5O2. The molecule has 2 aromatic heterocycles. The highest BCUT2D eigenvalue weighted by Crippen LogP contribution is 2.02. The standard InChI is InChI=1S/C8H11N5O2/c1-4-10-5-6(11-4)12(2)8(15)13(3-9)7(5)14/h3,9H2,1-2H3,(H,10,11). The Kier molecular flexibility index (Phi) is 1.97. The highest BCUT2D eigenvalue weighted by Gasteiger charge is 2.12. The van der Waals surface area contributed by atoms with E-state index in [2.05, 4.69) is 9.97 Å². The molecule has 80 valence electrons. The molecule has 0 spiro atoms. The fourth-order valence-corrected chi connectivity index (χ4v) is 1.53. The van der Waals surface area contributed by atoms with Crippen molar-refractivity contribution in [3.05, 3.63) is 26.7 Å². The van der Waals surface area contributed by atoms with Crippen molar-refractivity contribution in [1.82, 2.24) is 19.1 Å². The molecule has 2 aromatic rings. The van der Waals surface area contributed by atoms with Crippen LogP contribution in [0.1, 0.15) is 5.82 Å². The van der Waals surface area contributed by atoms with Crippen molar-refractivity contribution in [3.8, 4) is 0 Å². The molecule has 0 radical (unpaired) electrons. The van der Waals surface area contributed by atoms with E-state index in [-0.39, 0.29) is 6.67 Å². The van der Waals surface area contributed by atoms with Crippen molar-refractivity contribution in [2.45, 2.75) is 13.6 Å². The summed E-state index contributed by atoms with van der Waals surface area (Å²) in [6.45, 7) is 1.58. The van der Waals surface area contributed by atoms with Crippen LogP contribution in [0.25, 0.3) is 11.2 Å². The molecule has 2 rings (SSSR count). The zero-order chi connectivity index (χ0) is 11.2. The molecule has 0 amide bonds. The monoisotopic (exact) mass is 209 g/mol. The largest absolute Gasteiger partial charge is 0.336 e. The molecule has 0 saturated heterocycles. The number of aryl methyl sites for hydroxylation is 2. The average molecular weight is 209 g/mol. The van der Waals surface area contributed by atoms with E-state index in [0.717, 1.165) is 4.57 Å². The van der Waals surface area contributed by atoms with Crippen LogP contribution in [0.4, 0.5) is 0 Å². The van der Waals surface area contributed by atoms with Crippen LogP contribution in [0.2, 0.25) is 0 Å². The van der Waals surface area contributed by atoms with E-state index in [9.17, 15) is 9.59 Å². The Morgan fingerprint density at radius 1 is 1.47 bits per heavy atom. The van der Waals surface area contributed by atoms with Crippen molar-refractivity contribution in [1.29, 1.82) is 0 Å². The normalized spacial score (nSPS) is 11.1. The lowest BCUT2D eigenvalue weighted by Crippen LogP contribution is -2.41. The van der Waals surface area contributed by atoms with E-state index in [1.165, 1.54) is 4.57 Å². The van der Waals surface area contributed by atoms with Gasteiger partial charge in [0.15, 0.2) is 5.65 Å². The van der Waals surface area contributed by atoms with Gasteiger partial charge in [0.25, 0.3) is 5.56 Å². The van der Waals surface area contributed by atoms with Crippen LogP contribution < -0.4 is 17.0 Å². The van der Waals surface area contributed by atoms with Gasteiger partial charge in [0, 0.05) is 7.05 Å². The first-order chi connectivity index (χ1) is 7.06. The van der Waals surface area contributed by atoms with E-state index in [1.54, 1.807) is 14.0 Å². The van der Waals surface area contributed by atoms with E-state index < -0.39 is 11.2 Å². The molecule has 0 aliphatic carbocycles. The van der Waals surface area contributed by atoms with E-state index in [1.807, 2.05) is 0 Å². The number of hydrogen-bond acceptors (Lipinski definition) is 4. The maximum Gasteiger partial charge on any atom is 0.333 e. The lowest BCUT2D eigenvalue weighted by atomic mass is 10.5. The molecule has 0 atom stereocenters. The van der Waals surface area contributed by atoms with Gasteiger partial charge in [-0.2, -0.15) is 0 Å². The van der Waals surface area contributed by atoms with E-state index >= 15 is 0 Å². The third kappa shape index (κ3) is 1.20. The summed E-state index contributed by atoms with van der Waals surface area (Å²) in [7, 11) is 1.55. The maximum absolute atomic E-state index is 11.7. The van der Waals surface area contributed by atoms with Gasteiger partial charge in [-0.3, -0.25) is 9.36 Å². The fraction of sp³-hybridized carbons (Fsp3) is 0.375. The molecule has 7 nitrogen and oxygen atoms in total. The van der Waals surface area contributed by atoms with E-state index in [0.29, 0.717) is 17.0 Å². The van der Waals surface area contributed by atoms with Crippen molar-refractivity contribution in [2.75, 3.05) is 0 Å². The van der Waals surface area contributed by atoms with Gasteiger partial charge >= 0.3 is 5.69 Å². The molecule has 0 bridgehead atoms. The number of rotatable bonds is 1. The van der Waals surface area contributed by atoms with Gasteiger partial charge in [0.2, 0.25) is 0 Å². The highest BCUT2D eigenvalue weighted by molar-refractivity contribution is 5.69. The summed E-state index contributed by atoms with van der Waals surface area (Å²) in [6.07, 6.45) is 0. The first-order valence-electron chi connectivity index (χ1n) is 4.42. The first kappa shape index (κ1) is 9.66. The molecule has 2 heterocycles. The Balaban J connectivity index is 3.09. The van der Waals surface area contributed by atoms with Crippen molar-refractivity contribution in [3.63, 3.8) is 0 Å². The third-order valence-corrected chi connectivity index (χ3v) is 2.28. The zero-order valence-corrected chi connectivity index (χ0v) is 8.44. The Morgan fingerprint density at radius 3 is 2.73 bits per heavy atom. The minimum absolute atomic E-state index is 0.139. The highest BCUT2D eigenvalue weighted by atomic mass is 16.2. The van der Waals surface area contributed by atoms with Crippen LogP contribution in [0.3, 0.4) is 0 Å². The summed E-state index contributed by atoms with van der Waals surface area (Å²) in [6, 6.07) is 0. The Bertz CT molecular complexity index is 633. The molecular weight excluding hydrogens is 198 g/mol. The minimum Gasteiger partial charge on any atom is -0.336 e. The molecule has 0 aliphatic rings. The Labute approximate surface area is 84.2 Å². The van der Waals surface area contributed by atoms with E-state index in [4.69, 9.17) is 5.73 Å². The maximum atomic E-state index is 11.7. The van der Waals surface area contributed by atoms with Gasteiger partial charge in [0.1, 0.15) is 11.3 Å². The van der Waals surface area contributed by atoms with Gasteiger partial charge in [0.05, 0.1) is 6.67 Å². The van der Waals surface area contributed by atoms with Gasteiger partial charge in [-0.05, 0) is 6.92 Å². The number of hydrogen-bond donors (Lipinski definition) is 2. The van der Waals surface area contributed by atoms with Crippen LogP contribution in [-0.2, 0) is 13.7 Å². The van der Waals surface area contributed by atoms with Crippen molar-refractivity contribution < 1.29 is 0 Å². The second kappa shape index (κ2) is 3.06. The predicted octanol–water partition coefficient (Wildman–Crippen LogP) is -1.35. The molecule has 15 heavy (non-hydrogen) atoms. The van der Waals surface area contributed by atoms with Crippen LogP contribution in [-0.4, -0.2) is 19.1 Å². The molecule has 0 unspecified atom stereocenters. The van der Waals surface area contributed by atoms with Crippen LogP contribution in [0, 0.1) is 6.92 Å². The topological polar surface area (TPSA) is 98.7 Å². The molecule has 0 aromatic carbocycles. The smallest absolute Gasteiger partial charge is 0.333 e. The number of aromatic nitrogens is 4. The molecule has 0 fully saturated rings. The van der Waals surface area contributed by atoms with Gasteiger partial charge in [-0.15, -0.1) is 0 Å². The second-order valence-electron chi connectivity index (χ2n) is 3.28. The Hall–Kier alpha value is -1.89. The number of H-pyrrole nitrogens is 1. The summed E-state index contributed by atoms with van der Waals surface area (Å²) in [4.78, 5) is 30.3.